The zero-order valence-corrected chi connectivity index (χ0v) is 10.8. The first-order valence-corrected chi connectivity index (χ1v) is 6.73. The Kier molecular flexibility index (Phi) is 4.58. The van der Waals surface area contributed by atoms with Crippen LogP contribution in [0.4, 0.5) is 0 Å². The van der Waals surface area contributed by atoms with E-state index >= 15 is 0 Å². The molecule has 0 atom stereocenters. The molecule has 0 saturated carbocycles. The minimum atomic E-state index is -0.0861. The van der Waals surface area contributed by atoms with Crippen LogP contribution in [0.25, 0.3) is 0 Å². The van der Waals surface area contributed by atoms with Gasteiger partial charge in [0.15, 0.2) is 0 Å². The molecular formula is C11H17N3O2S. The van der Waals surface area contributed by atoms with E-state index in [1.165, 1.54) is 0 Å². The average molecular weight is 255 g/mol. The van der Waals surface area contributed by atoms with Crippen molar-refractivity contribution in [1.82, 2.24) is 15.1 Å². The minimum absolute atomic E-state index is 0.0861. The standard InChI is InChI=1S/C11H17N3O2S/c1-9-8-12-13-11(15)10(9)17-7-4-14-2-5-16-6-3-14/h8H,2-7H2,1H3,(H,13,15). The molecule has 1 saturated heterocycles. The molecule has 1 aromatic heterocycles. The lowest BCUT2D eigenvalue weighted by atomic mass is 10.3. The highest BCUT2D eigenvalue weighted by molar-refractivity contribution is 7.99. The van der Waals surface area contributed by atoms with Crippen LogP contribution in [0.3, 0.4) is 0 Å². The predicted octanol–water partition coefficient (Wildman–Crippen LogP) is 0.503. The summed E-state index contributed by atoms with van der Waals surface area (Å²) >= 11 is 1.60. The Morgan fingerprint density at radius 3 is 3.00 bits per heavy atom. The molecule has 1 fully saturated rings. The second-order valence-corrected chi connectivity index (χ2v) is 5.12. The number of thioether (sulfide) groups is 1. The van der Waals surface area contributed by atoms with Gasteiger partial charge in [-0.3, -0.25) is 9.69 Å². The highest BCUT2D eigenvalue weighted by atomic mass is 32.2. The van der Waals surface area contributed by atoms with Crippen LogP contribution in [0.1, 0.15) is 5.56 Å². The molecule has 1 aliphatic heterocycles. The Labute approximate surface area is 105 Å². The van der Waals surface area contributed by atoms with Crippen LogP contribution >= 0.6 is 11.8 Å². The van der Waals surface area contributed by atoms with E-state index in [0.29, 0.717) is 0 Å². The molecule has 1 aliphatic rings. The number of aromatic amines is 1. The average Bonchev–Trinajstić information content (AvgIpc) is 2.34. The summed E-state index contributed by atoms with van der Waals surface area (Å²) in [6.07, 6.45) is 1.69. The molecule has 0 radical (unpaired) electrons. The normalized spacial score (nSPS) is 17.2. The molecule has 1 N–H and O–H groups in total. The van der Waals surface area contributed by atoms with Crippen LogP contribution in [0.5, 0.6) is 0 Å². The smallest absolute Gasteiger partial charge is 0.278 e. The third-order valence-electron chi connectivity index (χ3n) is 2.75. The molecule has 94 valence electrons. The van der Waals surface area contributed by atoms with Gasteiger partial charge in [0, 0.05) is 25.4 Å². The van der Waals surface area contributed by atoms with Gasteiger partial charge in [0.2, 0.25) is 0 Å². The molecule has 0 unspecified atom stereocenters. The maximum absolute atomic E-state index is 11.5. The number of hydrogen-bond acceptors (Lipinski definition) is 5. The summed E-state index contributed by atoms with van der Waals surface area (Å²) < 4.78 is 5.29. The molecule has 6 heteroatoms. The fourth-order valence-electron chi connectivity index (χ4n) is 1.76. The quantitative estimate of drug-likeness (QED) is 0.794. The lowest BCUT2D eigenvalue weighted by molar-refractivity contribution is 0.0410. The van der Waals surface area contributed by atoms with Crippen molar-refractivity contribution in [3.8, 4) is 0 Å². The summed E-state index contributed by atoms with van der Waals surface area (Å²) in [6.45, 7) is 6.53. The molecule has 0 spiro atoms. The van der Waals surface area contributed by atoms with Crippen molar-refractivity contribution in [2.24, 2.45) is 0 Å². The molecule has 17 heavy (non-hydrogen) atoms. The van der Waals surface area contributed by atoms with Crippen molar-refractivity contribution < 1.29 is 4.74 Å². The first-order valence-electron chi connectivity index (χ1n) is 5.74. The molecule has 0 amide bonds. The lowest BCUT2D eigenvalue weighted by Gasteiger charge is -2.26. The fraction of sp³-hybridized carbons (Fsp3) is 0.636. The van der Waals surface area contributed by atoms with E-state index in [1.54, 1.807) is 18.0 Å². The highest BCUT2D eigenvalue weighted by Crippen LogP contribution is 2.16. The highest BCUT2D eigenvalue weighted by Gasteiger charge is 2.11. The monoisotopic (exact) mass is 255 g/mol. The Balaban J connectivity index is 1.83. The first-order chi connectivity index (χ1) is 8.27. The molecule has 2 rings (SSSR count). The van der Waals surface area contributed by atoms with Gasteiger partial charge in [-0.2, -0.15) is 5.10 Å². The summed E-state index contributed by atoms with van der Waals surface area (Å²) in [6, 6.07) is 0. The summed E-state index contributed by atoms with van der Waals surface area (Å²) in [5, 5.41) is 6.23. The van der Waals surface area contributed by atoms with Crippen LogP contribution in [-0.2, 0) is 4.74 Å². The number of ether oxygens (including phenoxy) is 1. The molecule has 1 aromatic rings. The van der Waals surface area contributed by atoms with Crippen molar-refractivity contribution in [3.63, 3.8) is 0 Å². The van der Waals surface area contributed by atoms with Gasteiger partial charge in [-0.05, 0) is 12.5 Å². The van der Waals surface area contributed by atoms with Gasteiger partial charge in [0.1, 0.15) is 0 Å². The minimum Gasteiger partial charge on any atom is -0.379 e. The molecular weight excluding hydrogens is 238 g/mol. The number of nitrogens with one attached hydrogen (secondary N) is 1. The predicted molar refractivity (Wildman–Crippen MR) is 67.6 cm³/mol. The SMILES string of the molecule is Cc1cn[nH]c(=O)c1SCCN1CCOCC1. The maximum Gasteiger partial charge on any atom is 0.278 e. The van der Waals surface area contributed by atoms with Gasteiger partial charge < -0.3 is 4.74 Å². The Hall–Kier alpha value is -0.850. The van der Waals surface area contributed by atoms with Gasteiger partial charge in [0.25, 0.3) is 5.56 Å². The van der Waals surface area contributed by atoms with Gasteiger partial charge in [-0.1, -0.05) is 0 Å². The van der Waals surface area contributed by atoms with Gasteiger partial charge in [-0.25, -0.2) is 5.10 Å². The van der Waals surface area contributed by atoms with Crippen molar-refractivity contribution in [3.05, 3.63) is 22.1 Å². The Bertz CT molecular complexity index is 415. The van der Waals surface area contributed by atoms with Crippen LogP contribution < -0.4 is 5.56 Å². The van der Waals surface area contributed by atoms with Crippen molar-refractivity contribution >= 4 is 11.8 Å². The second-order valence-electron chi connectivity index (χ2n) is 4.01. The lowest BCUT2D eigenvalue weighted by Crippen LogP contribution is -2.37. The Morgan fingerprint density at radius 1 is 1.53 bits per heavy atom. The van der Waals surface area contributed by atoms with E-state index in [-0.39, 0.29) is 5.56 Å². The van der Waals surface area contributed by atoms with E-state index in [4.69, 9.17) is 4.74 Å². The topological polar surface area (TPSA) is 58.2 Å². The van der Waals surface area contributed by atoms with E-state index in [1.807, 2.05) is 6.92 Å². The summed E-state index contributed by atoms with van der Waals surface area (Å²) in [5.74, 6) is 0.925. The fourth-order valence-corrected chi connectivity index (χ4v) is 2.77. The summed E-state index contributed by atoms with van der Waals surface area (Å²) in [4.78, 5) is 14.7. The number of aryl methyl sites for hydroxylation is 1. The third kappa shape index (κ3) is 3.55. The number of aromatic nitrogens is 2. The zero-order chi connectivity index (χ0) is 12.1. The largest absolute Gasteiger partial charge is 0.379 e. The summed E-state index contributed by atoms with van der Waals surface area (Å²) in [7, 11) is 0. The first kappa shape index (κ1) is 12.6. The number of morpholine rings is 1. The van der Waals surface area contributed by atoms with E-state index in [9.17, 15) is 4.79 Å². The number of H-pyrrole nitrogens is 1. The second kappa shape index (κ2) is 6.18. The van der Waals surface area contributed by atoms with E-state index < -0.39 is 0 Å². The van der Waals surface area contributed by atoms with Crippen molar-refractivity contribution in [2.75, 3.05) is 38.6 Å². The molecule has 0 aliphatic carbocycles. The van der Waals surface area contributed by atoms with Crippen LogP contribution in [0.15, 0.2) is 15.9 Å². The van der Waals surface area contributed by atoms with Crippen LogP contribution in [-0.4, -0.2) is 53.7 Å². The van der Waals surface area contributed by atoms with E-state index in [0.717, 1.165) is 49.1 Å². The molecule has 2 heterocycles. The van der Waals surface area contributed by atoms with Crippen molar-refractivity contribution in [2.45, 2.75) is 11.8 Å². The van der Waals surface area contributed by atoms with Crippen LogP contribution in [0, 0.1) is 6.92 Å². The third-order valence-corrected chi connectivity index (χ3v) is 3.93. The van der Waals surface area contributed by atoms with Crippen molar-refractivity contribution in [1.29, 1.82) is 0 Å². The summed E-state index contributed by atoms with van der Waals surface area (Å²) in [5.41, 5.74) is 0.859. The van der Waals surface area contributed by atoms with Gasteiger partial charge >= 0.3 is 0 Å². The number of hydrogen-bond donors (Lipinski definition) is 1. The molecule has 5 nitrogen and oxygen atoms in total. The molecule has 0 aromatic carbocycles. The van der Waals surface area contributed by atoms with Gasteiger partial charge in [0.05, 0.1) is 24.3 Å². The Morgan fingerprint density at radius 2 is 2.29 bits per heavy atom. The number of rotatable bonds is 4. The maximum atomic E-state index is 11.5. The zero-order valence-electron chi connectivity index (χ0n) is 9.94. The van der Waals surface area contributed by atoms with Crippen LogP contribution in [0.2, 0.25) is 0 Å². The molecule has 0 bridgehead atoms. The van der Waals surface area contributed by atoms with E-state index in [2.05, 4.69) is 15.1 Å². The number of nitrogens with zero attached hydrogens (tertiary/aromatic N) is 2. The van der Waals surface area contributed by atoms with Gasteiger partial charge in [-0.15, -0.1) is 11.8 Å².